The summed E-state index contributed by atoms with van der Waals surface area (Å²) < 4.78 is 31.6. The second kappa shape index (κ2) is 6.61. The van der Waals surface area contributed by atoms with Gasteiger partial charge in [0.05, 0.1) is 16.8 Å². The summed E-state index contributed by atoms with van der Waals surface area (Å²) in [6.07, 6.45) is 0. The zero-order valence-electron chi connectivity index (χ0n) is 14.0. The molecule has 3 rings (SSSR count). The van der Waals surface area contributed by atoms with E-state index in [9.17, 15) is 13.2 Å². The molecule has 0 aromatic heterocycles. The van der Waals surface area contributed by atoms with Crippen molar-refractivity contribution in [3.63, 3.8) is 0 Å². The zero-order valence-corrected chi connectivity index (χ0v) is 14.8. The summed E-state index contributed by atoms with van der Waals surface area (Å²) in [7, 11) is -3.73. The van der Waals surface area contributed by atoms with E-state index < -0.39 is 32.4 Å². The first-order valence-electron chi connectivity index (χ1n) is 8.21. The largest absolute Gasteiger partial charge is 0.465 e. The first-order valence-corrected chi connectivity index (χ1v) is 9.76. The van der Waals surface area contributed by atoms with E-state index in [4.69, 9.17) is 10.5 Å². The Hall–Kier alpha value is -2.18. The average Bonchev–Trinajstić information content (AvgIpc) is 3.35. The number of sulfone groups is 1. The zero-order chi connectivity index (χ0) is 18.1. The fraction of sp³-hybridized carbons (Fsp3) is 0.316. The molecular formula is C19H21NO4S. The van der Waals surface area contributed by atoms with Crippen molar-refractivity contribution in [2.24, 2.45) is 11.1 Å². The highest BCUT2D eigenvalue weighted by Gasteiger charge is 2.75. The molecule has 0 saturated heterocycles. The Morgan fingerprint density at radius 1 is 1.08 bits per heavy atom. The van der Waals surface area contributed by atoms with Gasteiger partial charge in [0.25, 0.3) is 0 Å². The van der Waals surface area contributed by atoms with Gasteiger partial charge < -0.3 is 10.5 Å². The quantitative estimate of drug-likeness (QED) is 0.799. The predicted molar refractivity (Wildman–Crippen MR) is 94.7 cm³/mol. The summed E-state index contributed by atoms with van der Waals surface area (Å²) in [5.41, 5.74) is 5.47. The second-order valence-corrected chi connectivity index (χ2v) is 8.20. The maximum absolute atomic E-state index is 13.2. The van der Waals surface area contributed by atoms with Crippen molar-refractivity contribution >= 4 is 15.8 Å². The lowest BCUT2D eigenvalue weighted by atomic mass is 9.99. The molecule has 0 bridgehead atoms. The molecule has 5 nitrogen and oxygen atoms in total. The molecule has 0 aliphatic heterocycles. The lowest BCUT2D eigenvalue weighted by Crippen LogP contribution is -2.33. The van der Waals surface area contributed by atoms with Crippen LogP contribution in [-0.4, -0.2) is 32.8 Å². The van der Waals surface area contributed by atoms with Crippen LogP contribution < -0.4 is 5.73 Å². The van der Waals surface area contributed by atoms with Crippen LogP contribution in [0.3, 0.4) is 0 Å². The van der Waals surface area contributed by atoms with Crippen molar-refractivity contribution in [2.75, 3.05) is 13.2 Å². The maximum atomic E-state index is 13.2. The Balaban J connectivity index is 2.11. The Bertz CT molecular complexity index is 852. The standard InChI is InChI=1S/C19H21NO4S/c1-2-24-18(21)19(13-20)16(14-9-5-3-6-10-14)17(19)25(22,23)15-11-7-4-8-12-15/h3-12,16-17H,2,13,20H2,1H3/t16-,17-,19+/m0/s1. The lowest BCUT2D eigenvalue weighted by Gasteiger charge is -2.14. The van der Waals surface area contributed by atoms with Gasteiger partial charge in [-0.25, -0.2) is 8.42 Å². The normalized spacial score (nSPS) is 25.4. The van der Waals surface area contributed by atoms with Crippen LogP contribution in [0.2, 0.25) is 0 Å². The molecule has 3 atom stereocenters. The van der Waals surface area contributed by atoms with Crippen LogP contribution in [0.1, 0.15) is 18.4 Å². The number of nitrogens with two attached hydrogens (primary N) is 1. The molecule has 0 heterocycles. The van der Waals surface area contributed by atoms with Gasteiger partial charge in [-0.1, -0.05) is 48.5 Å². The van der Waals surface area contributed by atoms with Crippen molar-refractivity contribution in [3.8, 4) is 0 Å². The number of carbonyl (C=O) groups excluding carboxylic acids is 1. The molecule has 1 aliphatic carbocycles. The minimum Gasteiger partial charge on any atom is -0.465 e. The van der Waals surface area contributed by atoms with Crippen LogP contribution in [0.5, 0.6) is 0 Å². The van der Waals surface area contributed by atoms with Gasteiger partial charge in [-0.15, -0.1) is 0 Å². The first-order chi connectivity index (χ1) is 12.0. The predicted octanol–water partition coefficient (Wildman–Crippen LogP) is 2.13. The summed E-state index contributed by atoms with van der Waals surface area (Å²) in [5.74, 6) is -1.06. The van der Waals surface area contributed by atoms with E-state index in [1.807, 2.05) is 30.3 Å². The van der Waals surface area contributed by atoms with E-state index in [-0.39, 0.29) is 18.0 Å². The van der Waals surface area contributed by atoms with Crippen molar-refractivity contribution in [1.29, 1.82) is 0 Å². The molecule has 1 fully saturated rings. The lowest BCUT2D eigenvalue weighted by molar-refractivity contribution is -0.149. The van der Waals surface area contributed by atoms with Gasteiger partial charge in [-0.05, 0) is 24.6 Å². The molecule has 2 aromatic carbocycles. The van der Waals surface area contributed by atoms with E-state index in [2.05, 4.69) is 0 Å². The van der Waals surface area contributed by atoms with Crippen LogP contribution >= 0.6 is 0 Å². The summed E-state index contributed by atoms with van der Waals surface area (Å²) in [4.78, 5) is 12.9. The molecule has 1 saturated carbocycles. The number of carbonyl (C=O) groups is 1. The Morgan fingerprint density at radius 3 is 2.16 bits per heavy atom. The number of rotatable bonds is 6. The molecule has 0 radical (unpaired) electrons. The van der Waals surface area contributed by atoms with Gasteiger partial charge >= 0.3 is 5.97 Å². The number of hydrogen-bond donors (Lipinski definition) is 1. The topological polar surface area (TPSA) is 86.5 Å². The third-order valence-electron chi connectivity index (χ3n) is 4.81. The van der Waals surface area contributed by atoms with Gasteiger partial charge in [-0.2, -0.15) is 0 Å². The Morgan fingerprint density at radius 2 is 1.64 bits per heavy atom. The number of esters is 1. The number of ether oxygens (including phenoxy) is 1. The van der Waals surface area contributed by atoms with Gasteiger partial charge in [0.1, 0.15) is 5.41 Å². The van der Waals surface area contributed by atoms with Crippen LogP contribution in [-0.2, 0) is 19.4 Å². The first kappa shape index (κ1) is 17.6. The fourth-order valence-electron chi connectivity index (χ4n) is 3.59. The minimum atomic E-state index is -3.73. The number of benzene rings is 2. The summed E-state index contributed by atoms with van der Waals surface area (Å²) >= 11 is 0. The van der Waals surface area contributed by atoms with Gasteiger partial charge in [-0.3, -0.25) is 4.79 Å². The fourth-order valence-corrected chi connectivity index (χ4v) is 5.99. The van der Waals surface area contributed by atoms with Crippen molar-refractivity contribution in [3.05, 3.63) is 66.2 Å². The monoisotopic (exact) mass is 359 g/mol. The molecule has 2 aromatic rings. The van der Waals surface area contributed by atoms with Gasteiger partial charge in [0.15, 0.2) is 9.84 Å². The van der Waals surface area contributed by atoms with Crippen LogP contribution in [0.25, 0.3) is 0 Å². The van der Waals surface area contributed by atoms with E-state index in [0.717, 1.165) is 5.56 Å². The Labute approximate surface area is 147 Å². The van der Waals surface area contributed by atoms with Crippen molar-refractivity contribution in [1.82, 2.24) is 0 Å². The van der Waals surface area contributed by atoms with Crippen LogP contribution in [0.15, 0.2) is 65.6 Å². The molecular weight excluding hydrogens is 338 g/mol. The molecule has 0 unspecified atom stereocenters. The summed E-state index contributed by atoms with van der Waals surface area (Å²) in [6.45, 7) is 1.80. The van der Waals surface area contributed by atoms with E-state index in [1.54, 1.807) is 37.3 Å². The third kappa shape index (κ3) is 2.75. The second-order valence-electron chi connectivity index (χ2n) is 6.13. The van der Waals surface area contributed by atoms with Gasteiger partial charge in [0, 0.05) is 12.5 Å². The molecule has 25 heavy (non-hydrogen) atoms. The Kier molecular flexibility index (Phi) is 4.67. The molecule has 1 aliphatic rings. The molecule has 0 spiro atoms. The van der Waals surface area contributed by atoms with Crippen molar-refractivity contribution in [2.45, 2.75) is 23.0 Å². The molecule has 2 N–H and O–H groups in total. The third-order valence-corrected chi connectivity index (χ3v) is 7.10. The van der Waals surface area contributed by atoms with Crippen LogP contribution in [0.4, 0.5) is 0 Å². The highest BCUT2D eigenvalue weighted by Crippen LogP contribution is 2.64. The highest BCUT2D eigenvalue weighted by molar-refractivity contribution is 7.92. The molecule has 6 heteroatoms. The van der Waals surface area contributed by atoms with E-state index in [0.29, 0.717) is 0 Å². The van der Waals surface area contributed by atoms with E-state index >= 15 is 0 Å². The molecule has 0 amide bonds. The highest BCUT2D eigenvalue weighted by atomic mass is 32.2. The molecule has 132 valence electrons. The van der Waals surface area contributed by atoms with E-state index in [1.165, 1.54) is 0 Å². The van der Waals surface area contributed by atoms with Crippen molar-refractivity contribution < 1.29 is 17.9 Å². The summed E-state index contributed by atoms with van der Waals surface area (Å²) in [6, 6.07) is 17.3. The maximum Gasteiger partial charge on any atom is 0.315 e. The van der Waals surface area contributed by atoms with Crippen LogP contribution in [0, 0.1) is 5.41 Å². The van der Waals surface area contributed by atoms with Gasteiger partial charge in [0.2, 0.25) is 0 Å². The SMILES string of the molecule is CCOC(=O)[C@]1(CN)[C@@H](c2ccccc2)[C@@H]1S(=O)(=O)c1ccccc1. The smallest absolute Gasteiger partial charge is 0.315 e. The minimum absolute atomic E-state index is 0.0812. The number of hydrogen-bond acceptors (Lipinski definition) is 5. The summed E-state index contributed by atoms with van der Waals surface area (Å²) in [5, 5.41) is -0.922. The average molecular weight is 359 g/mol.